The molecule has 1 aromatic heterocycles. The highest BCUT2D eigenvalue weighted by atomic mass is 32.2. The molecule has 8 heteroatoms. The topological polar surface area (TPSA) is 103 Å². The molecule has 0 radical (unpaired) electrons. The van der Waals surface area contributed by atoms with Gasteiger partial charge in [0.25, 0.3) is 5.91 Å². The van der Waals surface area contributed by atoms with E-state index in [2.05, 4.69) is 5.32 Å². The lowest BCUT2D eigenvalue weighted by molar-refractivity contribution is -0.140. The molecule has 0 bridgehead atoms. The van der Waals surface area contributed by atoms with Crippen LogP contribution in [0.1, 0.15) is 16.8 Å². The van der Waals surface area contributed by atoms with Crippen LogP contribution in [-0.4, -0.2) is 32.7 Å². The van der Waals surface area contributed by atoms with Crippen LogP contribution in [0.5, 0.6) is 0 Å². The van der Waals surface area contributed by atoms with Crippen LogP contribution in [0.2, 0.25) is 0 Å². The van der Waals surface area contributed by atoms with Crippen LogP contribution >= 0.6 is 0 Å². The number of furan rings is 1. The fourth-order valence-corrected chi connectivity index (χ4v) is 3.97. The van der Waals surface area contributed by atoms with Gasteiger partial charge in [-0.25, -0.2) is 8.42 Å². The highest BCUT2D eigenvalue weighted by molar-refractivity contribution is 7.91. The van der Waals surface area contributed by atoms with Crippen LogP contribution in [0.3, 0.4) is 0 Å². The maximum absolute atomic E-state index is 12.3. The number of benzene rings is 1. The fraction of sp³-hybridized carbons (Fsp3) is 0.250. The molecule has 0 spiro atoms. The minimum Gasteiger partial charge on any atom is -0.472 e. The first-order chi connectivity index (χ1) is 11.5. The Hall–Kier alpha value is -2.61. The Labute approximate surface area is 138 Å². The summed E-state index contributed by atoms with van der Waals surface area (Å²) < 4.78 is 34.3. The van der Waals surface area contributed by atoms with Crippen molar-refractivity contribution in [3.8, 4) is 0 Å². The number of ether oxygens (including phenoxy) is 1. The molecular formula is C16H15NO6S. The number of anilines is 1. The lowest BCUT2D eigenvalue weighted by atomic mass is 10.1. The molecule has 1 N–H and O–H groups in total. The normalized spacial score (nSPS) is 17.5. The Morgan fingerprint density at radius 2 is 1.96 bits per heavy atom. The van der Waals surface area contributed by atoms with Gasteiger partial charge in [0, 0.05) is 5.69 Å². The first kappa shape index (κ1) is 16.3. The number of nitrogens with one attached hydrogen (secondary N) is 1. The van der Waals surface area contributed by atoms with Gasteiger partial charge in [-0.15, -0.1) is 0 Å². The molecule has 1 unspecified atom stereocenters. The third-order valence-corrected chi connectivity index (χ3v) is 5.55. The number of carbonyl (C=O) groups excluding carboxylic acids is 2. The number of hydrogen-bond donors (Lipinski definition) is 1. The van der Waals surface area contributed by atoms with E-state index in [1.165, 1.54) is 42.9 Å². The largest absolute Gasteiger partial charge is 0.472 e. The zero-order valence-electron chi connectivity index (χ0n) is 12.6. The number of hydrogen-bond acceptors (Lipinski definition) is 6. The second-order valence-electron chi connectivity index (χ2n) is 5.43. The van der Waals surface area contributed by atoms with Gasteiger partial charge in [-0.3, -0.25) is 9.59 Å². The van der Waals surface area contributed by atoms with Gasteiger partial charge in [-0.2, -0.15) is 0 Å². The summed E-state index contributed by atoms with van der Waals surface area (Å²) >= 11 is 0. The number of esters is 1. The number of carbonyl (C=O) groups is 2. The molecule has 1 aromatic carbocycles. The molecule has 1 atom stereocenters. The number of amides is 1. The molecule has 3 rings (SSSR count). The van der Waals surface area contributed by atoms with Gasteiger partial charge in [0.2, 0.25) is 0 Å². The summed E-state index contributed by atoms with van der Waals surface area (Å²) in [6.07, 6.45) is 3.12. The molecule has 1 fully saturated rings. The Bertz CT molecular complexity index is 839. The molecule has 1 amide bonds. The Morgan fingerprint density at radius 1 is 1.21 bits per heavy atom. The molecule has 1 aliphatic heterocycles. The van der Waals surface area contributed by atoms with Crippen molar-refractivity contribution in [1.29, 1.82) is 0 Å². The minimum atomic E-state index is -3.59. The SMILES string of the molecule is O=C(Nc1ccc(S(=O)(=O)CC2CCOC2=O)cc1)c1ccoc1. The van der Waals surface area contributed by atoms with Crippen molar-refractivity contribution >= 4 is 27.4 Å². The maximum Gasteiger partial charge on any atom is 0.310 e. The van der Waals surface area contributed by atoms with Crippen molar-refractivity contribution in [1.82, 2.24) is 0 Å². The molecule has 126 valence electrons. The van der Waals surface area contributed by atoms with Gasteiger partial charge < -0.3 is 14.5 Å². The Balaban J connectivity index is 1.69. The second-order valence-corrected chi connectivity index (χ2v) is 7.46. The average Bonchev–Trinajstić information content (AvgIpc) is 3.20. The van der Waals surface area contributed by atoms with Crippen molar-refractivity contribution in [3.63, 3.8) is 0 Å². The standard InChI is InChI=1S/C16H15NO6S/c18-15(11-5-7-22-9-11)17-13-1-3-14(4-2-13)24(20,21)10-12-6-8-23-16(12)19/h1-5,7,9,12H,6,8,10H2,(H,17,18). The monoisotopic (exact) mass is 349 g/mol. The molecule has 24 heavy (non-hydrogen) atoms. The summed E-state index contributed by atoms with van der Waals surface area (Å²) in [6, 6.07) is 7.33. The van der Waals surface area contributed by atoms with Gasteiger partial charge in [-0.05, 0) is 36.8 Å². The first-order valence-corrected chi connectivity index (χ1v) is 8.94. The molecule has 1 saturated heterocycles. The smallest absolute Gasteiger partial charge is 0.310 e. The van der Waals surface area contributed by atoms with Crippen LogP contribution in [0.25, 0.3) is 0 Å². The predicted molar refractivity (Wildman–Crippen MR) is 84.2 cm³/mol. The summed E-state index contributed by atoms with van der Waals surface area (Å²) in [5.41, 5.74) is 0.826. The van der Waals surface area contributed by atoms with Crippen LogP contribution in [0, 0.1) is 5.92 Å². The molecular weight excluding hydrogens is 334 g/mol. The van der Waals surface area contributed by atoms with Crippen LogP contribution < -0.4 is 5.32 Å². The highest BCUT2D eigenvalue weighted by Crippen LogP contribution is 2.22. The summed E-state index contributed by atoms with van der Waals surface area (Å²) in [6.45, 7) is 0.262. The minimum absolute atomic E-state index is 0.100. The Morgan fingerprint density at radius 3 is 2.54 bits per heavy atom. The van der Waals surface area contributed by atoms with E-state index in [1.807, 2.05) is 0 Å². The molecule has 0 aliphatic carbocycles. The first-order valence-electron chi connectivity index (χ1n) is 7.29. The molecule has 7 nitrogen and oxygen atoms in total. The van der Waals surface area contributed by atoms with Crippen molar-refractivity contribution in [3.05, 3.63) is 48.4 Å². The van der Waals surface area contributed by atoms with Gasteiger partial charge in [0.1, 0.15) is 6.26 Å². The maximum atomic E-state index is 12.3. The third kappa shape index (κ3) is 3.48. The van der Waals surface area contributed by atoms with Crippen LogP contribution in [-0.2, 0) is 19.4 Å². The van der Waals surface area contributed by atoms with E-state index < -0.39 is 21.7 Å². The lowest BCUT2D eigenvalue weighted by Crippen LogP contribution is -2.20. The fourth-order valence-electron chi connectivity index (χ4n) is 2.39. The quantitative estimate of drug-likeness (QED) is 0.827. The van der Waals surface area contributed by atoms with E-state index in [0.29, 0.717) is 17.7 Å². The van der Waals surface area contributed by atoms with Crippen molar-refractivity contribution < 1.29 is 27.2 Å². The van der Waals surface area contributed by atoms with E-state index in [9.17, 15) is 18.0 Å². The zero-order chi connectivity index (χ0) is 17.2. The third-order valence-electron chi connectivity index (χ3n) is 3.72. The van der Waals surface area contributed by atoms with Crippen LogP contribution in [0.15, 0.2) is 52.2 Å². The molecule has 0 saturated carbocycles. The van der Waals surface area contributed by atoms with Crippen molar-refractivity contribution in [2.24, 2.45) is 5.92 Å². The van der Waals surface area contributed by atoms with Crippen LogP contribution in [0.4, 0.5) is 5.69 Å². The van der Waals surface area contributed by atoms with E-state index in [1.54, 1.807) is 0 Å². The summed E-state index contributed by atoms with van der Waals surface area (Å²) in [5, 5.41) is 2.64. The highest BCUT2D eigenvalue weighted by Gasteiger charge is 2.32. The molecule has 1 aliphatic rings. The van der Waals surface area contributed by atoms with E-state index >= 15 is 0 Å². The molecule has 2 heterocycles. The van der Waals surface area contributed by atoms with E-state index in [4.69, 9.17) is 9.15 Å². The molecule has 2 aromatic rings. The van der Waals surface area contributed by atoms with Crippen molar-refractivity contribution in [2.45, 2.75) is 11.3 Å². The Kier molecular flexibility index (Phi) is 4.39. The average molecular weight is 349 g/mol. The number of sulfone groups is 1. The van der Waals surface area contributed by atoms with Gasteiger partial charge in [0.05, 0.1) is 35.0 Å². The van der Waals surface area contributed by atoms with Gasteiger partial charge in [-0.1, -0.05) is 0 Å². The lowest BCUT2D eigenvalue weighted by Gasteiger charge is -2.09. The van der Waals surface area contributed by atoms with E-state index in [0.717, 1.165) is 0 Å². The predicted octanol–water partition coefficient (Wildman–Crippen LogP) is 1.87. The van der Waals surface area contributed by atoms with Crippen molar-refractivity contribution in [2.75, 3.05) is 17.7 Å². The summed E-state index contributed by atoms with van der Waals surface area (Å²) in [4.78, 5) is 23.4. The van der Waals surface area contributed by atoms with E-state index in [-0.39, 0.29) is 23.2 Å². The number of rotatable bonds is 5. The number of cyclic esters (lactones) is 1. The second kappa shape index (κ2) is 6.48. The van der Waals surface area contributed by atoms with Gasteiger partial charge >= 0.3 is 5.97 Å². The van der Waals surface area contributed by atoms with Gasteiger partial charge in [0.15, 0.2) is 9.84 Å². The zero-order valence-corrected chi connectivity index (χ0v) is 13.4. The summed E-state index contributed by atoms with van der Waals surface area (Å²) in [5.74, 6) is -1.71. The summed E-state index contributed by atoms with van der Waals surface area (Å²) in [7, 11) is -3.59.